The Morgan fingerprint density at radius 3 is 2.62 bits per heavy atom. The first kappa shape index (κ1) is 12.9. The van der Waals surface area contributed by atoms with Crippen LogP contribution in [0.4, 0.5) is 0 Å². The summed E-state index contributed by atoms with van der Waals surface area (Å²) in [7, 11) is 0. The van der Waals surface area contributed by atoms with Crippen molar-refractivity contribution in [3.63, 3.8) is 0 Å². The van der Waals surface area contributed by atoms with Crippen molar-refractivity contribution in [1.29, 1.82) is 0 Å². The number of hydrogen-bond acceptors (Lipinski definition) is 2. The summed E-state index contributed by atoms with van der Waals surface area (Å²) >= 11 is 3.69. The van der Waals surface area contributed by atoms with Crippen LogP contribution in [0.3, 0.4) is 0 Å². The molecule has 0 aromatic heterocycles. The number of esters is 1. The van der Waals surface area contributed by atoms with Gasteiger partial charge in [0.2, 0.25) is 0 Å². The lowest BCUT2D eigenvalue weighted by atomic mass is 10.4. The lowest BCUT2D eigenvalue weighted by molar-refractivity contribution is -0.137. The van der Waals surface area contributed by atoms with Gasteiger partial charge >= 0.3 is 5.97 Å². The monoisotopic (exact) mass is 264 g/mol. The minimum absolute atomic E-state index is 0.324. The Labute approximate surface area is 88.9 Å². The summed E-state index contributed by atoms with van der Waals surface area (Å²) in [6.07, 6.45) is 3.26. The van der Waals surface area contributed by atoms with E-state index in [1.54, 1.807) is 0 Å². The zero-order valence-electron chi connectivity index (χ0n) is 8.31. The molecule has 0 rings (SSSR count). The van der Waals surface area contributed by atoms with Crippen LogP contribution in [0.2, 0.25) is 19.1 Å². The molecule has 0 spiro atoms. The lowest BCUT2D eigenvalue weighted by Gasteiger charge is -2.12. The Morgan fingerprint density at radius 2 is 2.15 bits per heavy atom. The van der Waals surface area contributed by atoms with E-state index >= 15 is 0 Å². The number of hydrogen-bond donors (Lipinski definition) is 0. The molecule has 0 atom stereocenters. The summed E-state index contributed by atoms with van der Waals surface area (Å²) in [4.78, 5) is 10.6. The quantitative estimate of drug-likeness (QED) is 0.242. The lowest BCUT2D eigenvalue weighted by Crippen LogP contribution is -2.14. The molecule has 0 aliphatic heterocycles. The molecule has 0 aliphatic carbocycles. The number of carbonyl (C=O) groups is 1. The summed E-state index contributed by atoms with van der Waals surface area (Å²) in [5.74, 6) is -0.324. The van der Waals surface area contributed by atoms with E-state index in [9.17, 15) is 4.79 Å². The van der Waals surface area contributed by atoms with Crippen molar-refractivity contribution in [1.82, 2.24) is 0 Å². The zero-order valence-corrected chi connectivity index (χ0v) is 10.9. The van der Waals surface area contributed by atoms with Gasteiger partial charge in [-0.05, 0) is 12.5 Å². The van der Waals surface area contributed by atoms with E-state index in [1.807, 2.05) is 0 Å². The smallest absolute Gasteiger partial charge is 0.330 e. The third-order valence-corrected chi connectivity index (χ3v) is 4.31. The van der Waals surface area contributed by atoms with Gasteiger partial charge in [-0.1, -0.05) is 26.1 Å². The van der Waals surface area contributed by atoms with Crippen molar-refractivity contribution in [2.45, 2.75) is 32.0 Å². The molecule has 0 radical (unpaired) electrons. The Kier molecular flexibility index (Phi) is 6.33. The molecule has 2 nitrogen and oxygen atoms in total. The van der Waals surface area contributed by atoms with Gasteiger partial charge in [0.15, 0.2) is 0 Å². The van der Waals surface area contributed by atoms with Crippen molar-refractivity contribution >= 4 is 28.0 Å². The average Bonchev–Trinajstić information content (AvgIpc) is 2.01. The SMILES string of the molecule is C=CC(=O)OCCCC[Si](C)(C)Br. The van der Waals surface area contributed by atoms with Crippen molar-refractivity contribution in [2.75, 3.05) is 6.61 Å². The Bertz CT molecular complexity index is 175. The van der Waals surface area contributed by atoms with Crippen LogP contribution in [0.1, 0.15) is 12.8 Å². The molecular formula is C9H17BrO2Si. The van der Waals surface area contributed by atoms with Crippen molar-refractivity contribution in [3.05, 3.63) is 12.7 Å². The van der Waals surface area contributed by atoms with Gasteiger partial charge in [0.05, 0.1) is 6.61 Å². The van der Waals surface area contributed by atoms with Crippen LogP contribution in [-0.4, -0.2) is 19.3 Å². The van der Waals surface area contributed by atoms with Gasteiger partial charge < -0.3 is 4.74 Å². The van der Waals surface area contributed by atoms with Gasteiger partial charge in [0.25, 0.3) is 0 Å². The number of rotatable bonds is 6. The molecular weight excluding hydrogens is 248 g/mol. The molecule has 0 saturated heterocycles. The normalized spacial score (nSPS) is 11.0. The van der Waals surface area contributed by atoms with E-state index in [-0.39, 0.29) is 5.97 Å². The molecule has 0 heterocycles. The van der Waals surface area contributed by atoms with Crippen molar-refractivity contribution in [3.8, 4) is 0 Å². The molecule has 0 bridgehead atoms. The minimum Gasteiger partial charge on any atom is -0.463 e. The third kappa shape index (κ3) is 9.82. The van der Waals surface area contributed by atoms with Crippen LogP contribution in [0.5, 0.6) is 0 Å². The maximum absolute atomic E-state index is 10.6. The Morgan fingerprint density at radius 1 is 1.54 bits per heavy atom. The highest BCUT2D eigenvalue weighted by Crippen LogP contribution is 2.19. The van der Waals surface area contributed by atoms with Crippen molar-refractivity contribution < 1.29 is 9.53 Å². The zero-order chi connectivity index (χ0) is 10.3. The first-order chi connectivity index (χ1) is 5.95. The molecule has 0 aromatic rings. The van der Waals surface area contributed by atoms with Gasteiger partial charge in [-0.3, -0.25) is 0 Å². The second kappa shape index (κ2) is 6.37. The van der Waals surface area contributed by atoms with Gasteiger partial charge in [0, 0.05) is 6.08 Å². The van der Waals surface area contributed by atoms with Gasteiger partial charge in [-0.15, -0.1) is 15.3 Å². The average molecular weight is 265 g/mol. The Hall–Kier alpha value is -0.0931. The highest BCUT2D eigenvalue weighted by Gasteiger charge is 2.14. The van der Waals surface area contributed by atoms with Gasteiger partial charge in [-0.2, -0.15) is 0 Å². The predicted octanol–water partition coefficient (Wildman–Crippen LogP) is 3.10. The fourth-order valence-corrected chi connectivity index (χ4v) is 2.81. The largest absolute Gasteiger partial charge is 0.463 e. The van der Waals surface area contributed by atoms with Crippen LogP contribution < -0.4 is 0 Å². The first-order valence-corrected chi connectivity index (χ1v) is 9.90. The van der Waals surface area contributed by atoms with Crippen LogP contribution in [0, 0.1) is 0 Å². The molecule has 0 amide bonds. The van der Waals surface area contributed by atoms with Crippen molar-refractivity contribution in [2.24, 2.45) is 0 Å². The second-order valence-corrected chi connectivity index (χ2v) is 13.9. The van der Waals surface area contributed by atoms with Crippen LogP contribution in [0.15, 0.2) is 12.7 Å². The van der Waals surface area contributed by atoms with E-state index in [4.69, 9.17) is 4.74 Å². The topological polar surface area (TPSA) is 26.3 Å². The van der Waals surface area contributed by atoms with Crippen LogP contribution >= 0.6 is 15.3 Å². The van der Waals surface area contributed by atoms with E-state index in [1.165, 1.54) is 12.1 Å². The summed E-state index contributed by atoms with van der Waals surface area (Å²) < 4.78 is 4.85. The number of halogens is 1. The minimum atomic E-state index is -1.09. The van der Waals surface area contributed by atoms with Crippen LogP contribution in [-0.2, 0) is 9.53 Å². The number of ether oxygens (including phenoxy) is 1. The van der Waals surface area contributed by atoms with E-state index in [0.717, 1.165) is 12.8 Å². The maximum Gasteiger partial charge on any atom is 0.330 e. The molecule has 76 valence electrons. The second-order valence-electron chi connectivity index (χ2n) is 3.55. The van der Waals surface area contributed by atoms with E-state index in [0.29, 0.717) is 6.61 Å². The van der Waals surface area contributed by atoms with Gasteiger partial charge in [-0.25, -0.2) is 4.79 Å². The van der Waals surface area contributed by atoms with E-state index < -0.39 is 6.69 Å². The maximum atomic E-state index is 10.6. The predicted molar refractivity (Wildman–Crippen MR) is 61.6 cm³/mol. The molecule has 0 aromatic carbocycles. The third-order valence-electron chi connectivity index (χ3n) is 1.58. The standard InChI is InChI=1S/C9H17BrO2Si/c1-4-9(11)12-7-5-6-8-13(2,3)10/h4H,1,5-8H2,2-3H3. The molecule has 0 saturated carbocycles. The molecule has 13 heavy (non-hydrogen) atoms. The van der Waals surface area contributed by atoms with E-state index in [2.05, 4.69) is 35.0 Å². The fourth-order valence-electron chi connectivity index (χ4n) is 0.879. The number of unbranched alkanes of at least 4 members (excludes halogenated alkanes) is 1. The summed E-state index contributed by atoms with van der Waals surface area (Å²) in [5.41, 5.74) is 0. The molecule has 0 fully saturated rings. The highest BCUT2D eigenvalue weighted by molar-refractivity contribution is 9.26. The molecule has 4 heteroatoms. The summed E-state index contributed by atoms with van der Waals surface area (Å²) in [5, 5.41) is 0. The Balaban J connectivity index is 3.27. The molecule has 0 unspecified atom stereocenters. The fraction of sp³-hybridized carbons (Fsp3) is 0.667. The number of carbonyl (C=O) groups excluding carboxylic acids is 1. The summed E-state index contributed by atoms with van der Waals surface area (Å²) in [6, 6.07) is 1.22. The summed E-state index contributed by atoms with van der Waals surface area (Å²) in [6.45, 7) is 7.28. The van der Waals surface area contributed by atoms with Gasteiger partial charge in [0.1, 0.15) is 6.69 Å². The highest BCUT2D eigenvalue weighted by atomic mass is 79.9. The first-order valence-electron chi connectivity index (χ1n) is 4.44. The molecule has 0 aliphatic rings. The van der Waals surface area contributed by atoms with Crippen LogP contribution in [0.25, 0.3) is 0 Å². The molecule has 0 N–H and O–H groups in total.